The lowest BCUT2D eigenvalue weighted by Crippen LogP contribution is -2.57. The summed E-state index contributed by atoms with van der Waals surface area (Å²) in [4.78, 5) is 8.28. The number of aromatic nitrogens is 3. The standard InChI is InChI=1S/C22H26F2N6O/c1-16(28-8-10-29(11-9-28)19-5-3-18(25)4-6-19)22(31,13-30-15-26-14-27-30)20-7-2-17(23)12-21(20)24/h2-7,12,14-16,31H,8-11,13,25H2,1H3/t16-,22-/m1/s1. The number of benzene rings is 2. The monoisotopic (exact) mass is 428 g/mol. The Balaban J connectivity index is 1.56. The van der Waals surface area contributed by atoms with Crippen LogP contribution in [0.2, 0.25) is 0 Å². The highest BCUT2D eigenvalue weighted by molar-refractivity contribution is 5.53. The highest BCUT2D eigenvalue weighted by Crippen LogP contribution is 2.33. The van der Waals surface area contributed by atoms with Gasteiger partial charge in [-0.25, -0.2) is 18.4 Å². The summed E-state index contributed by atoms with van der Waals surface area (Å²) in [6, 6.07) is 10.5. The predicted octanol–water partition coefficient (Wildman–Crippen LogP) is 2.24. The van der Waals surface area contributed by atoms with Crippen LogP contribution in [0.25, 0.3) is 0 Å². The van der Waals surface area contributed by atoms with Gasteiger partial charge in [0.2, 0.25) is 0 Å². The zero-order valence-corrected chi connectivity index (χ0v) is 17.3. The first-order chi connectivity index (χ1) is 14.9. The van der Waals surface area contributed by atoms with Crippen molar-refractivity contribution in [2.24, 2.45) is 0 Å². The minimum absolute atomic E-state index is 0.00506. The second-order valence-corrected chi connectivity index (χ2v) is 7.93. The fraction of sp³-hybridized carbons (Fsp3) is 0.364. The summed E-state index contributed by atoms with van der Waals surface area (Å²) in [6.45, 7) is 4.70. The van der Waals surface area contributed by atoms with Crippen molar-refractivity contribution < 1.29 is 13.9 Å². The lowest BCUT2D eigenvalue weighted by Gasteiger charge is -2.45. The number of nitrogen functional groups attached to an aromatic ring is 1. The van der Waals surface area contributed by atoms with Crippen molar-refractivity contribution in [3.8, 4) is 0 Å². The van der Waals surface area contributed by atoms with Gasteiger partial charge in [-0.1, -0.05) is 6.07 Å². The number of piperazine rings is 1. The molecule has 1 aliphatic heterocycles. The minimum Gasteiger partial charge on any atom is -0.399 e. The molecule has 0 amide bonds. The molecular weight excluding hydrogens is 402 g/mol. The van der Waals surface area contributed by atoms with E-state index in [1.54, 1.807) is 0 Å². The summed E-state index contributed by atoms with van der Waals surface area (Å²) in [5, 5.41) is 15.8. The Labute approximate surface area is 179 Å². The van der Waals surface area contributed by atoms with E-state index < -0.39 is 23.3 Å². The third-order valence-corrected chi connectivity index (χ3v) is 6.08. The molecule has 0 spiro atoms. The average Bonchev–Trinajstić information content (AvgIpc) is 3.26. The number of aliphatic hydroxyl groups is 1. The zero-order chi connectivity index (χ0) is 22.0. The Morgan fingerprint density at radius 2 is 1.81 bits per heavy atom. The van der Waals surface area contributed by atoms with Crippen molar-refractivity contribution in [2.75, 3.05) is 36.8 Å². The number of hydrogen-bond acceptors (Lipinski definition) is 6. The molecule has 2 atom stereocenters. The average molecular weight is 428 g/mol. The van der Waals surface area contributed by atoms with Crippen LogP contribution in [0, 0.1) is 11.6 Å². The molecule has 9 heteroatoms. The van der Waals surface area contributed by atoms with E-state index in [1.165, 1.54) is 23.4 Å². The molecule has 0 aliphatic carbocycles. The van der Waals surface area contributed by atoms with Crippen molar-refractivity contribution in [3.05, 3.63) is 72.3 Å². The van der Waals surface area contributed by atoms with Crippen molar-refractivity contribution in [1.29, 1.82) is 0 Å². The fourth-order valence-corrected chi connectivity index (χ4v) is 4.20. The van der Waals surface area contributed by atoms with Gasteiger partial charge in [-0.15, -0.1) is 0 Å². The third-order valence-electron chi connectivity index (χ3n) is 6.08. The highest BCUT2D eigenvalue weighted by atomic mass is 19.1. The molecule has 3 N–H and O–H groups in total. The SMILES string of the molecule is C[C@@H](N1CCN(c2ccc(N)cc2)CC1)[C@](O)(Cn1cncn1)c1ccc(F)cc1F. The summed E-state index contributed by atoms with van der Waals surface area (Å²) in [5.41, 5.74) is 5.99. The molecule has 4 rings (SSSR count). The number of halogens is 2. The van der Waals surface area contributed by atoms with E-state index in [2.05, 4.69) is 19.9 Å². The molecule has 1 fully saturated rings. The maximum absolute atomic E-state index is 14.7. The number of rotatable bonds is 6. The number of nitrogens with zero attached hydrogens (tertiary/aromatic N) is 5. The lowest BCUT2D eigenvalue weighted by atomic mass is 9.85. The molecule has 0 radical (unpaired) electrons. The van der Waals surface area contributed by atoms with E-state index in [0.29, 0.717) is 13.1 Å². The topological polar surface area (TPSA) is 83.4 Å². The van der Waals surface area contributed by atoms with E-state index in [-0.39, 0.29) is 12.1 Å². The van der Waals surface area contributed by atoms with Crippen LogP contribution in [0.15, 0.2) is 55.1 Å². The van der Waals surface area contributed by atoms with Crippen LogP contribution < -0.4 is 10.6 Å². The highest BCUT2D eigenvalue weighted by Gasteiger charge is 2.42. The predicted molar refractivity (Wildman–Crippen MR) is 114 cm³/mol. The van der Waals surface area contributed by atoms with E-state index in [0.717, 1.165) is 36.6 Å². The van der Waals surface area contributed by atoms with E-state index in [4.69, 9.17) is 5.73 Å². The molecule has 7 nitrogen and oxygen atoms in total. The Kier molecular flexibility index (Phi) is 5.88. The van der Waals surface area contributed by atoms with Gasteiger partial charge in [-0.05, 0) is 37.3 Å². The zero-order valence-electron chi connectivity index (χ0n) is 17.3. The molecule has 2 aromatic carbocycles. The second-order valence-electron chi connectivity index (χ2n) is 7.93. The molecule has 0 saturated carbocycles. The minimum atomic E-state index is -1.63. The van der Waals surface area contributed by atoms with Gasteiger partial charge in [-0.2, -0.15) is 5.10 Å². The van der Waals surface area contributed by atoms with Gasteiger partial charge >= 0.3 is 0 Å². The van der Waals surface area contributed by atoms with Crippen LogP contribution in [0.1, 0.15) is 12.5 Å². The van der Waals surface area contributed by atoms with Crippen molar-refractivity contribution in [2.45, 2.75) is 25.1 Å². The second kappa shape index (κ2) is 8.60. The Morgan fingerprint density at radius 3 is 2.42 bits per heavy atom. The van der Waals surface area contributed by atoms with Gasteiger partial charge in [0.25, 0.3) is 0 Å². The summed E-state index contributed by atoms with van der Waals surface area (Å²) in [6.07, 6.45) is 2.83. The Bertz CT molecular complexity index is 1010. The van der Waals surface area contributed by atoms with E-state index >= 15 is 0 Å². The summed E-state index contributed by atoms with van der Waals surface area (Å²) < 4.78 is 29.7. The van der Waals surface area contributed by atoms with Gasteiger partial charge in [-0.3, -0.25) is 4.90 Å². The molecule has 1 saturated heterocycles. The van der Waals surface area contributed by atoms with Gasteiger partial charge < -0.3 is 15.7 Å². The normalized spacial score (nSPS) is 18.0. The first-order valence-corrected chi connectivity index (χ1v) is 10.2. The first-order valence-electron chi connectivity index (χ1n) is 10.2. The van der Waals surface area contributed by atoms with Crippen molar-refractivity contribution >= 4 is 11.4 Å². The van der Waals surface area contributed by atoms with Crippen molar-refractivity contribution in [3.63, 3.8) is 0 Å². The maximum Gasteiger partial charge on any atom is 0.137 e. The molecule has 0 unspecified atom stereocenters. The fourth-order valence-electron chi connectivity index (χ4n) is 4.20. The molecule has 0 bridgehead atoms. The Hall–Kier alpha value is -3.04. The van der Waals surface area contributed by atoms with Crippen LogP contribution in [-0.4, -0.2) is 57.0 Å². The molecule has 3 aromatic rings. The van der Waals surface area contributed by atoms with Gasteiger partial charge in [0.1, 0.15) is 29.9 Å². The van der Waals surface area contributed by atoms with Crippen LogP contribution in [0.3, 0.4) is 0 Å². The van der Waals surface area contributed by atoms with Gasteiger partial charge in [0, 0.05) is 55.2 Å². The van der Waals surface area contributed by atoms with Crippen molar-refractivity contribution in [1.82, 2.24) is 19.7 Å². The number of nitrogens with two attached hydrogens (primary N) is 1. The molecular formula is C22H26F2N6O. The van der Waals surface area contributed by atoms with Crippen LogP contribution >= 0.6 is 0 Å². The number of hydrogen-bond donors (Lipinski definition) is 2. The van der Waals surface area contributed by atoms with Crippen LogP contribution in [0.5, 0.6) is 0 Å². The summed E-state index contributed by atoms with van der Waals surface area (Å²) in [7, 11) is 0. The van der Waals surface area contributed by atoms with Crippen LogP contribution in [0.4, 0.5) is 20.2 Å². The molecule has 1 aliphatic rings. The smallest absolute Gasteiger partial charge is 0.137 e. The summed E-state index contributed by atoms with van der Waals surface area (Å²) in [5.74, 6) is -1.47. The van der Waals surface area contributed by atoms with Gasteiger partial charge in [0.15, 0.2) is 0 Å². The molecule has 164 valence electrons. The number of anilines is 2. The van der Waals surface area contributed by atoms with Gasteiger partial charge in [0.05, 0.1) is 6.54 Å². The quantitative estimate of drug-likeness (QED) is 0.586. The third kappa shape index (κ3) is 4.38. The maximum atomic E-state index is 14.7. The first kappa shape index (κ1) is 21.2. The van der Waals surface area contributed by atoms with E-state index in [1.807, 2.05) is 31.2 Å². The van der Waals surface area contributed by atoms with E-state index in [9.17, 15) is 13.9 Å². The largest absolute Gasteiger partial charge is 0.399 e. The molecule has 1 aromatic heterocycles. The Morgan fingerprint density at radius 1 is 1.10 bits per heavy atom. The molecule has 2 heterocycles. The summed E-state index contributed by atoms with van der Waals surface area (Å²) >= 11 is 0. The lowest BCUT2D eigenvalue weighted by molar-refractivity contribution is -0.0650. The van der Waals surface area contributed by atoms with Crippen LogP contribution in [-0.2, 0) is 12.1 Å². The molecule has 31 heavy (non-hydrogen) atoms.